The minimum absolute atomic E-state index is 0.0165. The van der Waals surface area contributed by atoms with Crippen molar-refractivity contribution in [3.8, 4) is 11.6 Å². The Morgan fingerprint density at radius 1 is 1.06 bits per heavy atom. The average molecular weight is 419 g/mol. The molecule has 0 atom stereocenters. The molecule has 160 valence electrons. The van der Waals surface area contributed by atoms with E-state index in [2.05, 4.69) is 10.2 Å². The first-order valence-corrected chi connectivity index (χ1v) is 9.94. The summed E-state index contributed by atoms with van der Waals surface area (Å²) in [5.41, 5.74) is 3.55. The highest BCUT2D eigenvalue weighted by Crippen LogP contribution is 2.41. The monoisotopic (exact) mass is 419 g/mol. The van der Waals surface area contributed by atoms with Crippen molar-refractivity contribution in [3.63, 3.8) is 0 Å². The molecule has 0 spiro atoms. The van der Waals surface area contributed by atoms with E-state index in [0.29, 0.717) is 16.5 Å². The first-order chi connectivity index (χ1) is 14.8. The number of aromatic hydroxyl groups is 2. The number of para-hydroxylation sites is 2. The van der Waals surface area contributed by atoms with Crippen LogP contribution in [0, 0.1) is 0 Å². The van der Waals surface area contributed by atoms with E-state index in [-0.39, 0.29) is 23.0 Å². The third-order valence-corrected chi connectivity index (χ3v) is 4.66. The first kappa shape index (κ1) is 21.8. The zero-order valence-corrected chi connectivity index (χ0v) is 17.7. The van der Waals surface area contributed by atoms with Gasteiger partial charge >= 0.3 is 5.97 Å². The number of allylic oxidation sites excluding steroid dienone is 4. The van der Waals surface area contributed by atoms with E-state index in [1.807, 2.05) is 39.0 Å². The van der Waals surface area contributed by atoms with Gasteiger partial charge in [0.05, 0.1) is 5.52 Å². The Morgan fingerprint density at radius 3 is 2.48 bits per heavy atom. The van der Waals surface area contributed by atoms with Gasteiger partial charge in [-0.3, -0.25) is 9.36 Å². The van der Waals surface area contributed by atoms with Crippen molar-refractivity contribution in [3.05, 3.63) is 65.8 Å². The second-order valence-corrected chi connectivity index (χ2v) is 7.33. The molecule has 0 bridgehead atoms. The van der Waals surface area contributed by atoms with E-state index in [1.165, 1.54) is 4.57 Å². The van der Waals surface area contributed by atoms with E-state index in [1.54, 1.807) is 36.4 Å². The van der Waals surface area contributed by atoms with Crippen molar-refractivity contribution in [2.24, 2.45) is 10.2 Å². The lowest BCUT2D eigenvalue weighted by molar-refractivity contribution is -0.137. The lowest BCUT2D eigenvalue weighted by Gasteiger charge is -2.08. The maximum atomic E-state index is 11.2. The van der Waals surface area contributed by atoms with Crippen LogP contribution in [0.5, 0.6) is 11.6 Å². The van der Waals surface area contributed by atoms with Crippen LogP contribution in [0.3, 0.4) is 0 Å². The van der Waals surface area contributed by atoms with Gasteiger partial charge < -0.3 is 15.3 Å². The molecule has 0 saturated heterocycles. The number of aliphatic carboxylic acids is 1. The molecule has 0 aliphatic carbocycles. The van der Waals surface area contributed by atoms with E-state index in [0.717, 1.165) is 17.6 Å². The van der Waals surface area contributed by atoms with E-state index in [9.17, 15) is 15.0 Å². The predicted molar refractivity (Wildman–Crippen MR) is 121 cm³/mol. The van der Waals surface area contributed by atoms with Crippen molar-refractivity contribution in [2.45, 2.75) is 33.7 Å². The van der Waals surface area contributed by atoms with Crippen molar-refractivity contribution in [1.82, 2.24) is 4.57 Å². The molecule has 0 amide bonds. The fraction of sp³-hybridized carbons (Fsp3) is 0.208. The van der Waals surface area contributed by atoms with E-state index >= 15 is 0 Å². The standard InChI is InChI=1S/C24H25N3O4/c1-4-8-16(13-15(2)3)17-10-7-11-19(23(17)30)25-26-22-18-9-5-6-12-20(18)27(24(22)31)14-21(28)29/h5-13,30-31H,4,14H2,1-3H3,(H,28,29)/b16-8+,26-25?. The molecular formula is C24H25N3O4. The summed E-state index contributed by atoms with van der Waals surface area (Å²) < 4.78 is 1.26. The summed E-state index contributed by atoms with van der Waals surface area (Å²) in [4.78, 5) is 11.2. The second kappa shape index (κ2) is 9.30. The number of phenols is 1. The van der Waals surface area contributed by atoms with Crippen LogP contribution in [0.15, 0.2) is 70.4 Å². The number of carboxylic acids is 1. The number of nitrogens with zero attached hydrogens (tertiary/aromatic N) is 3. The van der Waals surface area contributed by atoms with Crippen LogP contribution in [0.4, 0.5) is 11.4 Å². The molecular weight excluding hydrogens is 394 g/mol. The van der Waals surface area contributed by atoms with Crippen LogP contribution in [0.2, 0.25) is 0 Å². The molecule has 3 aromatic rings. The molecule has 0 aliphatic rings. The van der Waals surface area contributed by atoms with Gasteiger partial charge in [0, 0.05) is 10.9 Å². The van der Waals surface area contributed by atoms with Gasteiger partial charge in [0.15, 0.2) is 11.4 Å². The Bertz CT molecular complexity index is 1220. The number of hydrogen-bond donors (Lipinski definition) is 3. The summed E-state index contributed by atoms with van der Waals surface area (Å²) in [6.07, 6.45) is 4.82. The third-order valence-electron chi connectivity index (χ3n) is 4.66. The van der Waals surface area contributed by atoms with Gasteiger partial charge in [-0.05, 0) is 38.0 Å². The van der Waals surface area contributed by atoms with Crippen LogP contribution < -0.4 is 0 Å². The Kier molecular flexibility index (Phi) is 6.55. The highest BCUT2D eigenvalue weighted by Gasteiger charge is 2.18. The average Bonchev–Trinajstić information content (AvgIpc) is 2.98. The number of carbonyl (C=O) groups is 1. The zero-order chi connectivity index (χ0) is 22.5. The lowest BCUT2D eigenvalue weighted by Crippen LogP contribution is -2.07. The fourth-order valence-electron chi connectivity index (χ4n) is 3.39. The van der Waals surface area contributed by atoms with Gasteiger partial charge in [0.25, 0.3) is 0 Å². The number of fused-ring (bicyclic) bond motifs is 1. The number of hydrogen-bond acceptors (Lipinski definition) is 5. The topological polar surface area (TPSA) is 107 Å². The normalized spacial score (nSPS) is 11.9. The molecule has 1 aromatic heterocycles. The van der Waals surface area contributed by atoms with Crippen LogP contribution in [0.1, 0.15) is 32.8 Å². The molecule has 3 N–H and O–H groups in total. The minimum Gasteiger partial charge on any atom is -0.505 e. The third kappa shape index (κ3) is 4.66. The van der Waals surface area contributed by atoms with Crippen molar-refractivity contribution < 1.29 is 20.1 Å². The van der Waals surface area contributed by atoms with E-state index < -0.39 is 12.5 Å². The summed E-state index contributed by atoms with van der Waals surface area (Å²) in [6, 6.07) is 12.2. The number of rotatable bonds is 7. The van der Waals surface area contributed by atoms with Gasteiger partial charge in [0.1, 0.15) is 12.2 Å². The molecule has 7 nitrogen and oxygen atoms in total. The summed E-state index contributed by atoms with van der Waals surface area (Å²) >= 11 is 0. The molecule has 1 heterocycles. The van der Waals surface area contributed by atoms with Crippen LogP contribution in [-0.4, -0.2) is 25.9 Å². The van der Waals surface area contributed by atoms with Crippen molar-refractivity contribution in [1.29, 1.82) is 0 Å². The predicted octanol–water partition coefficient (Wildman–Crippen LogP) is 6.31. The van der Waals surface area contributed by atoms with Crippen LogP contribution in [0.25, 0.3) is 16.5 Å². The molecule has 0 aliphatic heterocycles. The van der Waals surface area contributed by atoms with Crippen molar-refractivity contribution >= 4 is 33.8 Å². The first-order valence-electron chi connectivity index (χ1n) is 9.94. The molecule has 7 heteroatoms. The van der Waals surface area contributed by atoms with Gasteiger partial charge in [-0.15, -0.1) is 10.2 Å². The summed E-state index contributed by atoms with van der Waals surface area (Å²) in [5, 5.41) is 39.5. The fourth-order valence-corrected chi connectivity index (χ4v) is 3.39. The molecule has 2 aromatic carbocycles. The van der Waals surface area contributed by atoms with Gasteiger partial charge in [-0.1, -0.05) is 55.0 Å². The number of aromatic nitrogens is 1. The number of benzene rings is 2. The van der Waals surface area contributed by atoms with E-state index in [4.69, 9.17) is 5.11 Å². The highest BCUT2D eigenvalue weighted by atomic mass is 16.4. The maximum Gasteiger partial charge on any atom is 0.323 e. The molecule has 31 heavy (non-hydrogen) atoms. The van der Waals surface area contributed by atoms with Gasteiger partial charge in [-0.2, -0.15) is 0 Å². The second-order valence-electron chi connectivity index (χ2n) is 7.33. The van der Waals surface area contributed by atoms with Crippen molar-refractivity contribution in [2.75, 3.05) is 0 Å². The van der Waals surface area contributed by atoms with Crippen LogP contribution in [-0.2, 0) is 11.3 Å². The Labute approximate surface area is 180 Å². The number of phenolic OH excluding ortho intramolecular Hbond substituents is 1. The smallest absolute Gasteiger partial charge is 0.323 e. The van der Waals surface area contributed by atoms with Gasteiger partial charge in [0.2, 0.25) is 5.88 Å². The molecule has 0 saturated carbocycles. The summed E-state index contributed by atoms with van der Waals surface area (Å²) in [5.74, 6) is -1.39. The maximum absolute atomic E-state index is 11.2. The zero-order valence-electron chi connectivity index (χ0n) is 17.7. The largest absolute Gasteiger partial charge is 0.505 e. The molecule has 0 fully saturated rings. The van der Waals surface area contributed by atoms with Crippen LogP contribution >= 0.6 is 0 Å². The quantitative estimate of drug-likeness (QED) is 0.308. The Morgan fingerprint density at radius 2 is 1.81 bits per heavy atom. The SMILES string of the molecule is CC/C=C(\C=C(C)C)c1cccc(N=Nc2c(O)n(CC(=O)O)c3ccccc23)c1O. The summed E-state index contributed by atoms with van der Waals surface area (Å²) in [7, 11) is 0. The number of azo groups is 1. The Balaban J connectivity index is 2.09. The Hall–Kier alpha value is -3.87. The highest BCUT2D eigenvalue weighted by molar-refractivity contribution is 5.95. The molecule has 3 rings (SSSR count). The number of carboxylic acid groups (broad SMARTS) is 1. The van der Waals surface area contributed by atoms with Gasteiger partial charge in [-0.25, -0.2) is 0 Å². The summed E-state index contributed by atoms with van der Waals surface area (Å²) in [6.45, 7) is 5.59. The lowest BCUT2D eigenvalue weighted by atomic mass is 10.0. The minimum atomic E-state index is -1.08. The molecule has 0 radical (unpaired) electrons. The molecule has 0 unspecified atom stereocenters.